The van der Waals surface area contributed by atoms with E-state index in [0.29, 0.717) is 0 Å². The number of benzene rings is 1. The number of carbonyl (C=O) groups excluding carboxylic acids is 1. The summed E-state index contributed by atoms with van der Waals surface area (Å²) in [4.78, 5) is 21.5. The van der Waals surface area contributed by atoms with Crippen molar-refractivity contribution in [2.75, 3.05) is 0 Å². The van der Waals surface area contributed by atoms with Gasteiger partial charge in [0.15, 0.2) is 5.76 Å². The number of carbonyl (C=O) groups is 1. The highest BCUT2D eigenvalue weighted by molar-refractivity contribution is 5.95. The quantitative estimate of drug-likeness (QED) is 0.460. The fraction of sp³-hybridized carbons (Fsp3) is 0.0833. The number of hydrogen-bond acceptors (Lipinski definition) is 4. The molecule has 86 valence electrons. The van der Waals surface area contributed by atoms with Crippen LogP contribution in [0.2, 0.25) is 0 Å². The highest BCUT2D eigenvalue weighted by Gasteiger charge is 2.17. The van der Waals surface area contributed by atoms with Crippen LogP contribution >= 0.6 is 0 Å². The summed E-state index contributed by atoms with van der Waals surface area (Å²) in [6, 6.07) is 11.6. The summed E-state index contributed by atoms with van der Waals surface area (Å²) in [5, 5.41) is 10.4. The number of ketones is 1. The van der Waals surface area contributed by atoms with Gasteiger partial charge in [0, 0.05) is 6.42 Å². The predicted octanol–water partition coefficient (Wildman–Crippen LogP) is 2.61. The summed E-state index contributed by atoms with van der Waals surface area (Å²) in [7, 11) is 0. The van der Waals surface area contributed by atoms with Crippen molar-refractivity contribution < 1.29 is 14.1 Å². The molecule has 1 aromatic carbocycles. The third-order valence-corrected chi connectivity index (χ3v) is 2.25. The molecular formula is C12H9NO4. The molecule has 5 nitrogen and oxygen atoms in total. The van der Waals surface area contributed by atoms with Crippen LogP contribution < -0.4 is 0 Å². The maximum Gasteiger partial charge on any atom is 0.433 e. The lowest BCUT2D eigenvalue weighted by atomic mass is 10.1. The van der Waals surface area contributed by atoms with E-state index in [-0.39, 0.29) is 18.0 Å². The van der Waals surface area contributed by atoms with E-state index < -0.39 is 10.8 Å². The average molecular weight is 231 g/mol. The Labute approximate surface area is 96.8 Å². The Bertz CT molecular complexity index is 545. The molecular weight excluding hydrogens is 222 g/mol. The molecule has 0 bridgehead atoms. The first kappa shape index (κ1) is 11.1. The molecule has 0 saturated carbocycles. The second-order valence-electron chi connectivity index (χ2n) is 3.48. The van der Waals surface area contributed by atoms with Crippen LogP contribution in [0.25, 0.3) is 0 Å². The Balaban J connectivity index is 2.12. The summed E-state index contributed by atoms with van der Waals surface area (Å²) in [5.74, 6) is -0.675. The first-order chi connectivity index (χ1) is 8.16. The summed E-state index contributed by atoms with van der Waals surface area (Å²) >= 11 is 0. The predicted molar refractivity (Wildman–Crippen MR) is 59.8 cm³/mol. The lowest BCUT2D eigenvalue weighted by molar-refractivity contribution is -0.402. The molecule has 0 N–H and O–H groups in total. The zero-order valence-corrected chi connectivity index (χ0v) is 8.83. The molecule has 0 fully saturated rings. The molecule has 0 spiro atoms. The van der Waals surface area contributed by atoms with Crippen molar-refractivity contribution >= 4 is 11.7 Å². The van der Waals surface area contributed by atoms with Crippen molar-refractivity contribution in [3.8, 4) is 0 Å². The Morgan fingerprint density at radius 2 is 1.88 bits per heavy atom. The van der Waals surface area contributed by atoms with E-state index in [1.54, 1.807) is 0 Å². The smallest absolute Gasteiger partial charge is 0.397 e. The van der Waals surface area contributed by atoms with Crippen molar-refractivity contribution in [1.82, 2.24) is 0 Å². The molecule has 2 aromatic rings. The van der Waals surface area contributed by atoms with E-state index in [1.807, 2.05) is 30.3 Å². The van der Waals surface area contributed by atoms with Gasteiger partial charge in [-0.1, -0.05) is 30.3 Å². The summed E-state index contributed by atoms with van der Waals surface area (Å²) in [6.45, 7) is 0. The second-order valence-corrected chi connectivity index (χ2v) is 3.48. The van der Waals surface area contributed by atoms with Gasteiger partial charge in [-0.3, -0.25) is 14.9 Å². The van der Waals surface area contributed by atoms with Crippen molar-refractivity contribution in [2.24, 2.45) is 0 Å². The third kappa shape index (κ3) is 2.57. The van der Waals surface area contributed by atoms with Gasteiger partial charge in [-0.2, -0.15) is 0 Å². The zero-order valence-electron chi connectivity index (χ0n) is 8.83. The maximum atomic E-state index is 11.7. The first-order valence-corrected chi connectivity index (χ1v) is 4.98. The molecule has 5 heteroatoms. The zero-order chi connectivity index (χ0) is 12.3. The number of nitro groups is 1. The van der Waals surface area contributed by atoms with Crippen LogP contribution in [-0.4, -0.2) is 10.7 Å². The number of rotatable bonds is 4. The molecule has 0 unspecified atom stereocenters. The van der Waals surface area contributed by atoms with Gasteiger partial charge < -0.3 is 4.42 Å². The molecule has 0 aliphatic rings. The average Bonchev–Trinajstić information content (AvgIpc) is 2.79. The molecule has 0 saturated heterocycles. The molecule has 0 aliphatic carbocycles. The van der Waals surface area contributed by atoms with Gasteiger partial charge >= 0.3 is 5.88 Å². The van der Waals surface area contributed by atoms with Gasteiger partial charge in [0.2, 0.25) is 5.78 Å². The lowest BCUT2D eigenvalue weighted by Crippen LogP contribution is -2.01. The van der Waals surface area contributed by atoms with Crippen LogP contribution in [0.1, 0.15) is 16.1 Å². The lowest BCUT2D eigenvalue weighted by Gasteiger charge is -1.97. The number of hydrogen-bond donors (Lipinski definition) is 0. The molecule has 0 amide bonds. The third-order valence-electron chi connectivity index (χ3n) is 2.25. The Morgan fingerprint density at radius 1 is 1.18 bits per heavy atom. The monoisotopic (exact) mass is 231 g/mol. The summed E-state index contributed by atoms with van der Waals surface area (Å²) in [5.41, 5.74) is 0.844. The summed E-state index contributed by atoms with van der Waals surface area (Å²) in [6.07, 6.45) is 0.172. The standard InChI is InChI=1S/C12H9NO4/c14-10(8-9-4-2-1-3-5-9)11-6-7-12(17-11)13(15)16/h1-7H,8H2. The van der Waals surface area contributed by atoms with Gasteiger partial charge in [-0.15, -0.1) is 0 Å². The molecule has 1 heterocycles. The Kier molecular flexibility index (Phi) is 3.00. The number of Topliss-reactive ketones (excluding diaryl/α,β-unsaturated/α-hetero) is 1. The van der Waals surface area contributed by atoms with E-state index in [9.17, 15) is 14.9 Å². The van der Waals surface area contributed by atoms with Crippen molar-refractivity contribution in [3.63, 3.8) is 0 Å². The molecule has 17 heavy (non-hydrogen) atoms. The fourth-order valence-corrected chi connectivity index (χ4v) is 1.44. The fourth-order valence-electron chi connectivity index (χ4n) is 1.44. The summed E-state index contributed by atoms with van der Waals surface area (Å²) < 4.78 is 4.83. The van der Waals surface area contributed by atoms with Crippen molar-refractivity contribution in [1.29, 1.82) is 0 Å². The minimum absolute atomic E-state index is 0.0144. The minimum atomic E-state index is -0.667. The van der Waals surface area contributed by atoms with Crippen LogP contribution in [0.4, 0.5) is 5.88 Å². The number of nitrogens with zero attached hydrogens (tertiary/aromatic N) is 1. The van der Waals surface area contributed by atoms with Gasteiger partial charge in [0.1, 0.15) is 4.92 Å². The van der Waals surface area contributed by atoms with E-state index in [2.05, 4.69) is 0 Å². The van der Waals surface area contributed by atoms with Crippen LogP contribution in [0.3, 0.4) is 0 Å². The molecule has 2 rings (SSSR count). The number of furan rings is 1. The van der Waals surface area contributed by atoms with Gasteiger partial charge in [-0.25, -0.2) is 0 Å². The normalized spacial score (nSPS) is 10.1. The van der Waals surface area contributed by atoms with Crippen LogP contribution in [-0.2, 0) is 6.42 Å². The minimum Gasteiger partial charge on any atom is -0.397 e. The van der Waals surface area contributed by atoms with E-state index in [4.69, 9.17) is 4.42 Å². The van der Waals surface area contributed by atoms with Crippen molar-refractivity contribution in [2.45, 2.75) is 6.42 Å². The Morgan fingerprint density at radius 3 is 2.47 bits per heavy atom. The van der Waals surface area contributed by atoms with Crippen LogP contribution in [0.5, 0.6) is 0 Å². The van der Waals surface area contributed by atoms with E-state index >= 15 is 0 Å². The topological polar surface area (TPSA) is 73.3 Å². The van der Waals surface area contributed by atoms with Crippen LogP contribution in [0, 0.1) is 10.1 Å². The second kappa shape index (κ2) is 4.61. The highest BCUT2D eigenvalue weighted by Crippen LogP contribution is 2.17. The molecule has 0 atom stereocenters. The Hall–Kier alpha value is -2.43. The van der Waals surface area contributed by atoms with Crippen LogP contribution in [0.15, 0.2) is 46.9 Å². The maximum absolute atomic E-state index is 11.7. The first-order valence-electron chi connectivity index (χ1n) is 4.98. The van der Waals surface area contributed by atoms with Crippen molar-refractivity contribution in [3.05, 3.63) is 63.9 Å². The van der Waals surface area contributed by atoms with Gasteiger partial charge in [-0.05, 0) is 11.6 Å². The molecule has 0 radical (unpaired) electrons. The van der Waals surface area contributed by atoms with E-state index in [1.165, 1.54) is 12.1 Å². The largest absolute Gasteiger partial charge is 0.433 e. The molecule has 0 aliphatic heterocycles. The van der Waals surface area contributed by atoms with Gasteiger partial charge in [0.25, 0.3) is 0 Å². The molecule has 1 aromatic heterocycles. The SMILES string of the molecule is O=C(Cc1ccccc1)c1ccc([N+](=O)[O-])o1. The highest BCUT2D eigenvalue weighted by atomic mass is 16.6. The van der Waals surface area contributed by atoms with Gasteiger partial charge in [0.05, 0.1) is 6.07 Å². The van der Waals surface area contributed by atoms with E-state index in [0.717, 1.165) is 5.56 Å².